The van der Waals surface area contributed by atoms with Crippen LogP contribution >= 0.6 is 11.3 Å². The van der Waals surface area contributed by atoms with Crippen LogP contribution in [-0.2, 0) is 11.3 Å². The Morgan fingerprint density at radius 3 is 2.93 bits per heavy atom. The van der Waals surface area contributed by atoms with E-state index in [9.17, 15) is 4.79 Å². The Morgan fingerprint density at radius 2 is 2.40 bits per heavy atom. The minimum Gasteiger partial charge on any atom is -0.477 e. The molecule has 1 aromatic heterocycles. The van der Waals surface area contributed by atoms with E-state index in [1.54, 1.807) is 13.2 Å². The molecule has 0 aliphatic rings. The molecule has 0 radical (unpaired) electrons. The van der Waals surface area contributed by atoms with Crippen LogP contribution in [0.5, 0.6) is 0 Å². The molecule has 0 fully saturated rings. The number of thiophene rings is 1. The summed E-state index contributed by atoms with van der Waals surface area (Å²) < 4.78 is 5.08. The van der Waals surface area contributed by atoms with Crippen molar-refractivity contribution in [3.8, 4) is 0 Å². The number of carboxylic acids is 1. The van der Waals surface area contributed by atoms with Crippen molar-refractivity contribution in [3.05, 3.63) is 21.9 Å². The molecule has 2 N–H and O–H groups in total. The lowest BCUT2D eigenvalue weighted by atomic mass is 10.4. The Kier molecular flexibility index (Phi) is 4.74. The third-order valence-electron chi connectivity index (χ3n) is 2.01. The zero-order chi connectivity index (χ0) is 11.3. The van der Waals surface area contributed by atoms with Gasteiger partial charge in [0.25, 0.3) is 0 Å². The fraction of sp³-hybridized carbons (Fsp3) is 0.500. The standard InChI is InChI=1S/C10H15NO3S/c1-7(14-2)5-11-6-8-3-4-9(15-8)10(12)13/h3-4,7,11H,5-6H2,1-2H3,(H,12,13). The van der Waals surface area contributed by atoms with Crippen LogP contribution < -0.4 is 5.32 Å². The fourth-order valence-electron chi connectivity index (χ4n) is 1.07. The van der Waals surface area contributed by atoms with Gasteiger partial charge in [0.15, 0.2) is 0 Å². The lowest BCUT2D eigenvalue weighted by Crippen LogP contribution is -2.25. The van der Waals surface area contributed by atoms with Crippen molar-refractivity contribution in [3.63, 3.8) is 0 Å². The molecule has 0 spiro atoms. The monoisotopic (exact) mass is 229 g/mol. The third-order valence-corrected chi connectivity index (χ3v) is 3.08. The normalized spacial score (nSPS) is 12.7. The molecule has 1 rings (SSSR count). The maximum atomic E-state index is 10.6. The van der Waals surface area contributed by atoms with Crippen LogP contribution in [0.3, 0.4) is 0 Å². The Bertz CT molecular complexity index is 324. The van der Waals surface area contributed by atoms with Crippen molar-refractivity contribution in [1.29, 1.82) is 0 Å². The zero-order valence-corrected chi connectivity index (χ0v) is 9.63. The van der Waals surface area contributed by atoms with Crippen molar-refractivity contribution in [2.24, 2.45) is 0 Å². The molecule has 4 nitrogen and oxygen atoms in total. The molecule has 0 amide bonds. The molecule has 15 heavy (non-hydrogen) atoms. The van der Waals surface area contributed by atoms with E-state index in [1.807, 2.05) is 13.0 Å². The number of rotatable bonds is 6. The molecule has 0 saturated heterocycles. The highest BCUT2D eigenvalue weighted by atomic mass is 32.1. The molecular weight excluding hydrogens is 214 g/mol. The van der Waals surface area contributed by atoms with E-state index in [2.05, 4.69) is 5.32 Å². The summed E-state index contributed by atoms with van der Waals surface area (Å²) in [4.78, 5) is 12.0. The molecule has 1 aromatic rings. The first-order valence-electron chi connectivity index (χ1n) is 4.69. The van der Waals surface area contributed by atoms with Crippen molar-refractivity contribution >= 4 is 17.3 Å². The molecule has 0 bridgehead atoms. The molecule has 0 aliphatic heterocycles. The van der Waals surface area contributed by atoms with Gasteiger partial charge in [-0.25, -0.2) is 4.79 Å². The molecule has 1 atom stereocenters. The lowest BCUT2D eigenvalue weighted by Gasteiger charge is -2.09. The summed E-state index contributed by atoms with van der Waals surface area (Å²) in [7, 11) is 1.67. The maximum Gasteiger partial charge on any atom is 0.345 e. The zero-order valence-electron chi connectivity index (χ0n) is 8.82. The summed E-state index contributed by atoms with van der Waals surface area (Å²) in [6, 6.07) is 3.46. The van der Waals surface area contributed by atoms with Gasteiger partial charge in [-0.2, -0.15) is 0 Å². The van der Waals surface area contributed by atoms with Gasteiger partial charge in [-0.15, -0.1) is 11.3 Å². The molecule has 5 heteroatoms. The summed E-state index contributed by atoms with van der Waals surface area (Å²) in [5.41, 5.74) is 0. The summed E-state index contributed by atoms with van der Waals surface area (Å²) >= 11 is 1.30. The van der Waals surface area contributed by atoms with E-state index in [-0.39, 0.29) is 6.10 Å². The number of hydrogen-bond acceptors (Lipinski definition) is 4. The highest BCUT2D eigenvalue weighted by molar-refractivity contribution is 7.13. The van der Waals surface area contributed by atoms with E-state index in [4.69, 9.17) is 9.84 Å². The predicted octanol–water partition coefficient (Wildman–Crippen LogP) is 1.57. The summed E-state index contributed by atoms with van der Waals surface area (Å²) in [6.45, 7) is 3.42. The van der Waals surface area contributed by atoms with Crippen molar-refractivity contribution in [2.75, 3.05) is 13.7 Å². The molecule has 84 valence electrons. The van der Waals surface area contributed by atoms with E-state index < -0.39 is 5.97 Å². The van der Waals surface area contributed by atoms with Crippen LogP contribution in [0.25, 0.3) is 0 Å². The van der Waals surface area contributed by atoms with Gasteiger partial charge in [-0.05, 0) is 19.1 Å². The van der Waals surface area contributed by atoms with Crippen molar-refractivity contribution in [2.45, 2.75) is 19.6 Å². The van der Waals surface area contributed by atoms with Crippen LogP contribution in [0.4, 0.5) is 0 Å². The topological polar surface area (TPSA) is 58.6 Å². The first-order valence-corrected chi connectivity index (χ1v) is 5.50. The maximum absolute atomic E-state index is 10.6. The van der Waals surface area contributed by atoms with Gasteiger partial charge in [0.1, 0.15) is 4.88 Å². The van der Waals surface area contributed by atoms with E-state index in [0.717, 1.165) is 11.4 Å². The van der Waals surface area contributed by atoms with Gasteiger partial charge in [-0.3, -0.25) is 0 Å². The van der Waals surface area contributed by atoms with Gasteiger partial charge in [-0.1, -0.05) is 0 Å². The number of aromatic carboxylic acids is 1. The summed E-state index contributed by atoms with van der Waals surface area (Å²) in [5.74, 6) is -0.864. The van der Waals surface area contributed by atoms with Gasteiger partial charge in [0, 0.05) is 25.1 Å². The predicted molar refractivity (Wildman–Crippen MR) is 59.5 cm³/mol. The van der Waals surface area contributed by atoms with Gasteiger partial charge in [0.05, 0.1) is 6.10 Å². The molecular formula is C10H15NO3S. The average molecular weight is 229 g/mol. The number of carboxylic acid groups (broad SMARTS) is 1. The Hall–Kier alpha value is -0.910. The number of ether oxygens (including phenoxy) is 1. The highest BCUT2D eigenvalue weighted by Crippen LogP contribution is 2.15. The number of methoxy groups -OCH3 is 1. The second-order valence-corrected chi connectivity index (χ2v) is 4.42. The van der Waals surface area contributed by atoms with Gasteiger partial charge < -0.3 is 15.2 Å². The van der Waals surface area contributed by atoms with Crippen LogP contribution in [0.2, 0.25) is 0 Å². The second kappa shape index (κ2) is 5.85. The van der Waals surface area contributed by atoms with Crippen LogP contribution in [0, 0.1) is 0 Å². The quantitative estimate of drug-likeness (QED) is 0.777. The average Bonchev–Trinajstić information content (AvgIpc) is 2.66. The molecule has 1 unspecified atom stereocenters. The van der Waals surface area contributed by atoms with E-state index >= 15 is 0 Å². The lowest BCUT2D eigenvalue weighted by molar-refractivity contribution is 0.0702. The Balaban J connectivity index is 2.35. The first kappa shape index (κ1) is 12.2. The third kappa shape index (κ3) is 3.99. The Labute approximate surface area is 92.9 Å². The van der Waals surface area contributed by atoms with Crippen LogP contribution in [0.15, 0.2) is 12.1 Å². The van der Waals surface area contributed by atoms with Crippen LogP contribution in [0.1, 0.15) is 21.5 Å². The number of hydrogen-bond donors (Lipinski definition) is 2. The highest BCUT2D eigenvalue weighted by Gasteiger charge is 2.06. The number of nitrogens with one attached hydrogen (secondary N) is 1. The van der Waals surface area contributed by atoms with Gasteiger partial charge >= 0.3 is 5.97 Å². The first-order chi connectivity index (χ1) is 7.13. The SMILES string of the molecule is COC(C)CNCc1ccc(C(=O)O)s1. The largest absolute Gasteiger partial charge is 0.477 e. The van der Waals surface area contributed by atoms with E-state index in [0.29, 0.717) is 11.4 Å². The fourth-order valence-corrected chi connectivity index (χ4v) is 1.89. The second-order valence-electron chi connectivity index (χ2n) is 3.25. The Morgan fingerprint density at radius 1 is 1.67 bits per heavy atom. The molecule has 0 aromatic carbocycles. The number of carbonyl (C=O) groups is 1. The summed E-state index contributed by atoms with van der Waals surface area (Å²) in [5, 5.41) is 11.9. The van der Waals surface area contributed by atoms with Gasteiger partial charge in [0.2, 0.25) is 0 Å². The van der Waals surface area contributed by atoms with Crippen molar-refractivity contribution < 1.29 is 14.6 Å². The minimum absolute atomic E-state index is 0.170. The molecule has 1 heterocycles. The van der Waals surface area contributed by atoms with Crippen LogP contribution in [-0.4, -0.2) is 30.8 Å². The summed E-state index contributed by atoms with van der Waals surface area (Å²) in [6.07, 6.45) is 0.170. The van der Waals surface area contributed by atoms with Crippen molar-refractivity contribution in [1.82, 2.24) is 5.32 Å². The molecule has 0 saturated carbocycles. The molecule has 0 aliphatic carbocycles. The smallest absolute Gasteiger partial charge is 0.345 e. The van der Waals surface area contributed by atoms with E-state index in [1.165, 1.54) is 11.3 Å². The minimum atomic E-state index is -0.864.